The van der Waals surface area contributed by atoms with Gasteiger partial charge < -0.3 is 20.1 Å². The normalized spacial score (nSPS) is 13.8. The standard InChI is InChI=1S/C20H16FN3O2.C2HF3O2/c1-11-17(23-10-22-11)9-14-19-16(24-20(14)25)8-7-15(21)18(19)12-3-5-13(26-2)6-4-12;3-2(4,5)1(6)7/h3-10H,1-2H3,(H,22,23)(H,24,25);(H,6,7)/b14-9-;. The van der Waals surface area contributed by atoms with Gasteiger partial charge >= 0.3 is 12.1 Å². The van der Waals surface area contributed by atoms with Crippen LogP contribution in [0.4, 0.5) is 23.2 Å². The maximum absolute atomic E-state index is 14.8. The maximum atomic E-state index is 14.8. The second-order valence-corrected chi connectivity index (χ2v) is 6.79. The number of rotatable bonds is 3. The first-order chi connectivity index (χ1) is 15.5. The number of aryl methyl sites for hydroxylation is 1. The summed E-state index contributed by atoms with van der Waals surface area (Å²) in [6, 6.07) is 10.0. The van der Waals surface area contributed by atoms with Crippen LogP contribution >= 0.6 is 0 Å². The van der Waals surface area contributed by atoms with E-state index >= 15 is 0 Å². The molecule has 4 rings (SSSR count). The van der Waals surface area contributed by atoms with E-state index < -0.39 is 18.0 Å². The van der Waals surface area contributed by atoms with Crippen LogP contribution in [-0.4, -0.2) is 40.2 Å². The molecule has 2 heterocycles. The number of ether oxygens (including phenoxy) is 1. The molecule has 0 saturated carbocycles. The van der Waals surface area contributed by atoms with Crippen LogP contribution in [0.1, 0.15) is 17.0 Å². The number of aliphatic carboxylic acids is 1. The van der Waals surface area contributed by atoms with Gasteiger partial charge in [-0.2, -0.15) is 13.2 Å². The molecular formula is C22H17F4N3O4. The third-order valence-electron chi connectivity index (χ3n) is 4.69. The monoisotopic (exact) mass is 463 g/mol. The molecule has 172 valence electrons. The van der Waals surface area contributed by atoms with Crippen LogP contribution < -0.4 is 10.1 Å². The summed E-state index contributed by atoms with van der Waals surface area (Å²) in [7, 11) is 1.58. The fraction of sp³-hybridized carbons (Fsp3) is 0.136. The largest absolute Gasteiger partial charge is 0.497 e. The van der Waals surface area contributed by atoms with Crippen molar-refractivity contribution in [1.82, 2.24) is 9.97 Å². The van der Waals surface area contributed by atoms with Gasteiger partial charge in [-0.15, -0.1) is 0 Å². The van der Waals surface area contributed by atoms with Crippen molar-refractivity contribution in [1.29, 1.82) is 0 Å². The minimum Gasteiger partial charge on any atom is -0.497 e. The summed E-state index contributed by atoms with van der Waals surface area (Å²) in [6.45, 7) is 1.84. The average molecular weight is 463 g/mol. The Morgan fingerprint density at radius 3 is 2.27 bits per heavy atom. The number of carbonyl (C=O) groups excluding carboxylic acids is 1. The quantitative estimate of drug-likeness (QED) is 0.387. The fourth-order valence-corrected chi connectivity index (χ4v) is 3.11. The van der Waals surface area contributed by atoms with Crippen LogP contribution in [0.5, 0.6) is 5.75 Å². The van der Waals surface area contributed by atoms with E-state index in [-0.39, 0.29) is 5.91 Å². The molecule has 0 spiro atoms. The van der Waals surface area contributed by atoms with Gasteiger partial charge in [0.1, 0.15) is 11.6 Å². The minimum absolute atomic E-state index is 0.269. The summed E-state index contributed by atoms with van der Waals surface area (Å²) in [5.74, 6) is -2.74. The molecule has 0 aliphatic carbocycles. The number of carbonyl (C=O) groups is 2. The number of carboxylic acids is 1. The highest BCUT2D eigenvalue weighted by Gasteiger charge is 2.38. The van der Waals surface area contributed by atoms with E-state index in [2.05, 4.69) is 15.3 Å². The summed E-state index contributed by atoms with van der Waals surface area (Å²) < 4.78 is 51.7. The molecule has 1 aliphatic rings. The van der Waals surface area contributed by atoms with Crippen molar-refractivity contribution < 1.29 is 37.0 Å². The first-order valence-corrected chi connectivity index (χ1v) is 9.33. The number of methoxy groups -OCH3 is 1. The van der Waals surface area contributed by atoms with E-state index in [1.54, 1.807) is 49.8 Å². The van der Waals surface area contributed by atoms with Crippen LogP contribution in [0.25, 0.3) is 22.8 Å². The van der Waals surface area contributed by atoms with Crippen LogP contribution in [0.2, 0.25) is 0 Å². The lowest BCUT2D eigenvalue weighted by Gasteiger charge is -2.11. The SMILES string of the molecule is COc1ccc(-c2c(F)ccc3c2/C(=C/c2[nH]cnc2C)C(=O)N3)cc1.O=C(O)C(F)(F)F. The highest BCUT2D eigenvalue weighted by molar-refractivity contribution is 6.36. The summed E-state index contributed by atoms with van der Waals surface area (Å²) in [6.07, 6.45) is -1.82. The zero-order valence-corrected chi connectivity index (χ0v) is 17.2. The first-order valence-electron chi connectivity index (χ1n) is 9.33. The third-order valence-corrected chi connectivity index (χ3v) is 4.69. The Hall–Kier alpha value is -4.15. The smallest absolute Gasteiger partial charge is 0.490 e. The summed E-state index contributed by atoms with van der Waals surface area (Å²) in [5, 5.41) is 9.93. The number of fused-ring (bicyclic) bond motifs is 1. The molecule has 1 aromatic heterocycles. The van der Waals surface area contributed by atoms with Gasteiger partial charge in [0.25, 0.3) is 5.91 Å². The Morgan fingerprint density at radius 1 is 1.12 bits per heavy atom. The number of aromatic amines is 1. The first kappa shape index (κ1) is 23.5. The van der Waals surface area contributed by atoms with Crippen LogP contribution in [0.15, 0.2) is 42.7 Å². The highest BCUT2D eigenvalue weighted by atomic mass is 19.4. The van der Waals surface area contributed by atoms with Crippen molar-refractivity contribution in [3.05, 3.63) is 65.5 Å². The molecule has 0 unspecified atom stereocenters. The molecule has 2 aromatic carbocycles. The molecule has 0 fully saturated rings. The van der Waals surface area contributed by atoms with Crippen molar-refractivity contribution in [3.8, 4) is 16.9 Å². The lowest BCUT2D eigenvalue weighted by molar-refractivity contribution is -0.192. The number of anilines is 1. The molecule has 0 atom stereocenters. The van der Waals surface area contributed by atoms with E-state index in [9.17, 15) is 22.4 Å². The number of hydrogen-bond acceptors (Lipinski definition) is 4. The molecule has 0 radical (unpaired) electrons. The number of imidazole rings is 1. The number of nitrogens with zero attached hydrogens (tertiary/aromatic N) is 1. The number of aromatic nitrogens is 2. The molecule has 3 aromatic rings. The molecule has 0 bridgehead atoms. The van der Waals surface area contributed by atoms with Gasteiger partial charge in [0.15, 0.2) is 0 Å². The van der Waals surface area contributed by atoms with E-state index in [4.69, 9.17) is 14.6 Å². The third kappa shape index (κ3) is 5.03. The second-order valence-electron chi connectivity index (χ2n) is 6.79. The van der Waals surface area contributed by atoms with Gasteiger partial charge in [-0.25, -0.2) is 14.2 Å². The Balaban J connectivity index is 0.000000383. The molecule has 7 nitrogen and oxygen atoms in total. The maximum Gasteiger partial charge on any atom is 0.490 e. The highest BCUT2D eigenvalue weighted by Crippen LogP contribution is 2.42. The number of halogens is 4. The lowest BCUT2D eigenvalue weighted by atomic mass is 9.93. The second kappa shape index (κ2) is 9.15. The van der Waals surface area contributed by atoms with Crippen molar-refractivity contribution in [3.63, 3.8) is 0 Å². The number of H-pyrrole nitrogens is 1. The molecule has 3 N–H and O–H groups in total. The average Bonchev–Trinajstić information content (AvgIpc) is 3.31. The fourth-order valence-electron chi connectivity index (χ4n) is 3.11. The molecule has 1 aliphatic heterocycles. The Kier molecular flexibility index (Phi) is 6.52. The van der Waals surface area contributed by atoms with E-state index in [0.29, 0.717) is 39.4 Å². The van der Waals surface area contributed by atoms with Crippen LogP contribution in [0.3, 0.4) is 0 Å². The van der Waals surface area contributed by atoms with Crippen LogP contribution in [-0.2, 0) is 9.59 Å². The van der Waals surface area contributed by atoms with Gasteiger partial charge in [-0.3, -0.25) is 4.79 Å². The molecule has 33 heavy (non-hydrogen) atoms. The number of amides is 1. The number of alkyl halides is 3. The van der Waals surface area contributed by atoms with Crippen molar-refractivity contribution in [2.45, 2.75) is 13.1 Å². The number of nitrogens with one attached hydrogen (secondary N) is 2. The Bertz CT molecular complexity index is 1230. The van der Waals surface area contributed by atoms with Crippen LogP contribution in [0, 0.1) is 12.7 Å². The predicted molar refractivity (Wildman–Crippen MR) is 112 cm³/mol. The zero-order chi connectivity index (χ0) is 24.3. The van der Waals surface area contributed by atoms with Gasteiger partial charge in [0.05, 0.1) is 30.4 Å². The molecule has 1 amide bonds. The van der Waals surface area contributed by atoms with E-state index in [1.165, 1.54) is 6.07 Å². The number of carboxylic acid groups (broad SMARTS) is 1. The molecule has 11 heteroatoms. The number of benzene rings is 2. The summed E-state index contributed by atoms with van der Waals surface area (Å²) in [5.41, 5.74) is 4.07. The molecule has 0 saturated heterocycles. The van der Waals surface area contributed by atoms with Crippen molar-refractivity contribution >= 4 is 29.2 Å². The zero-order valence-electron chi connectivity index (χ0n) is 17.2. The molecular weight excluding hydrogens is 446 g/mol. The Labute approximate surface area is 184 Å². The Morgan fingerprint density at radius 2 is 1.76 bits per heavy atom. The van der Waals surface area contributed by atoms with Gasteiger partial charge in [0.2, 0.25) is 0 Å². The predicted octanol–water partition coefficient (Wildman–Crippen LogP) is 4.66. The summed E-state index contributed by atoms with van der Waals surface area (Å²) >= 11 is 0. The summed E-state index contributed by atoms with van der Waals surface area (Å²) in [4.78, 5) is 28.5. The van der Waals surface area contributed by atoms with Gasteiger partial charge in [-0.05, 0) is 42.8 Å². The lowest BCUT2D eigenvalue weighted by Crippen LogP contribution is -2.21. The van der Waals surface area contributed by atoms with Crippen molar-refractivity contribution in [2.75, 3.05) is 12.4 Å². The van der Waals surface area contributed by atoms with E-state index in [0.717, 1.165) is 5.69 Å². The minimum atomic E-state index is -5.08. The van der Waals surface area contributed by atoms with E-state index in [1.807, 2.05) is 6.92 Å². The van der Waals surface area contributed by atoms with Crippen molar-refractivity contribution in [2.24, 2.45) is 0 Å². The topological polar surface area (TPSA) is 104 Å². The van der Waals surface area contributed by atoms with Gasteiger partial charge in [0, 0.05) is 16.8 Å². The number of hydrogen-bond donors (Lipinski definition) is 3. The van der Waals surface area contributed by atoms with Gasteiger partial charge in [-0.1, -0.05) is 12.1 Å².